The van der Waals surface area contributed by atoms with Gasteiger partial charge in [-0.15, -0.1) is 11.3 Å². The van der Waals surface area contributed by atoms with Crippen LogP contribution in [0.2, 0.25) is 0 Å². The fraction of sp³-hybridized carbons (Fsp3) is 0.344. The second kappa shape index (κ2) is 12.5. The van der Waals surface area contributed by atoms with Crippen molar-refractivity contribution >= 4 is 40.1 Å². The number of hydrogen-bond donors (Lipinski definition) is 3. The third-order valence-electron chi connectivity index (χ3n) is 7.72. The third kappa shape index (κ3) is 6.24. The number of amides is 1. The summed E-state index contributed by atoms with van der Waals surface area (Å²) in [5.41, 5.74) is 4.29. The molecule has 0 bridgehead atoms. The number of hydrogen-bond acceptors (Lipinski definition) is 7. The number of likely N-dealkylation sites (N-methyl/N-ethyl adjacent to an activating group) is 1. The monoisotopic (exact) mass is 588 g/mol. The van der Waals surface area contributed by atoms with Gasteiger partial charge in [0.05, 0.1) is 16.3 Å². The molecule has 8 nitrogen and oxygen atoms in total. The maximum absolute atomic E-state index is 15.0. The van der Waals surface area contributed by atoms with Crippen LogP contribution in [0, 0.1) is 12.7 Å². The first-order valence-corrected chi connectivity index (χ1v) is 15.1. The van der Waals surface area contributed by atoms with E-state index >= 15 is 4.39 Å². The molecule has 220 valence electrons. The highest BCUT2D eigenvalue weighted by Gasteiger charge is 2.20. The van der Waals surface area contributed by atoms with Crippen LogP contribution in [0.1, 0.15) is 52.4 Å². The van der Waals surface area contributed by atoms with Crippen LogP contribution < -0.4 is 21.1 Å². The fourth-order valence-electron chi connectivity index (χ4n) is 5.19. The second-order valence-corrected chi connectivity index (χ2v) is 12.1. The molecule has 3 heterocycles. The first-order chi connectivity index (χ1) is 20.1. The lowest BCUT2D eigenvalue weighted by Gasteiger charge is -2.34. The summed E-state index contributed by atoms with van der Waals surface area (Å²) < 4.78 is 15.0. The molecule has 42 heavy (non-hydrogen) atoms. The first-order valence-electron chi connectivity index (χ1n) is 14.3. The summed E-state index contributed by atoms with van der Waals surface area (Å²) >= 11 is 1.44. The average Bonchev–Trinajstić information content (AvgIpc) is 3.43. The van der Waals surface area contributed by atoms with Crippen molar-refractivity contribution in [3.63, 3.8) is 0 Å². The van der Waals surface area contributed by atoms with Gasteiger partial charge in [-0.25, -0.2) is 9.37 Å². The minimum absolute atomic E-state index is 0.0945. The molecule has 0 radical (unpaired) electrons. The SMILES string of the molecule is CCc1sc(C(=O)Nc2c(F)ccc(-c3c[nH]c(=O)c(Nc4ccc(N5CCN(C)CC5)cc4)n3)c2C)cc1C(C)C. The normalized spacial score (nSPS) is 13.9. The molecular weight excluding hydrogens is 551 g/mol. The van der Waals surface area contributed by atoms with Crippen LogP contribution in [0.5, 0.6) is 0 Å². The number of aromatic amines is 1. The lowest BCUT2D eigenvalue weighted by Crippen LogP contribution is -2.44. The number of aryl methyl sites for hydroxylation is 1. The summed E-state index contributed by atoms with van der Waals surface area (Å²) in [7, 11) is 2.13. The van der Waals surface area contributed by atoms with E-state index in [9.17, 15) is 9.59 Å². The Morgan fingerprint density at radius 1 is 1.12 bits per heavy atom. The van der Waals surface area contributed by atoms with Gasteiger partial charge >= 0.3 is 0 Å². The molecule has 0 spiro atoms. The molecule has 2 aromatic heterocycles. The third-order valence-corrected chi connectivity index (χ3v) is 9.02. The molecule has 5 rings (SSSR count). The van der Waals surface area contributed by atoms with Crippen molar-refractivity contribution in [3.8, 4) is 11.3 Å². The van der Waals surface area contributed by atoms with Gasteiger partial charge in [0.25, 0.3) is 11.5 Å². The maximum Gasteiger partial charge on any atom is 0.291 e. The standard InChI is InChI=1S/C32H37FN6O2S/c1-6-27-24(19(2)3)17-28(42-27)31(40)37-29-20(4)23(11-12-25(29)33)26-18-34-32(41)30(36-26)35-21-7-9-22(10-8-21)39-15-13-38(5)14-16-39/h7-12,17-19H,6,13-16H2,1-5H3,(H,34,41)(H,35,36)(H,37,40). The van der Waals surface area contributed by atoms with Crippen molar-refractivity contribution < 1.29 is 9.18 Å². The number of nitrogens with zero attached hydrogens (tertiary/aromatic N) is 3. The van der Waals surface area contributed by atoms with Gasteiger partial charge in [-0.05, 0) is 79.9 Å². The summed E-state index contributed by atoms with van der Waals surface area (Å²) in [6, 6.07) is 12.7. The van der Waals surface area contributed by atoms with Crippen molar-refractivity contribution in [2.75, 3.05) is 48.8 Å². The molecule has 0 unspecified atom stereocenters. The average molecular weight is 589 g/mol. The molecule has 0 saturated carbocycles. The van der Waals surface area contributed by atoms with Crippen molar-refractivity contribution in [2.45, 2.75) is 40.0 Å². The number of anilines is 4. The lowest BCUT2D eigenvalue weighted by molar-refractivity contribution is 0.103. The highest BCUT2D eigenvalue weighted by Crippen LogP contribution is 2.33. The van der Waals surface area contributed by atoms with Crippen molar-refractivity contribution in [1.82, 2.24) is 14.9 Å². The molecule has 0 aliphatic carbocycles. The van der Waals surface area contributed by atoms with Gasteiger partial charge in [-0.1, -0.05) is 20.8 Å². The van der Waals surface area contributed by atoms with E-state index in [-0.39, 0.29) is 23.0 Å². The Morgan fingerprint density at radius 2 is 1.83 bits per heavy atom. The van der Waals surface area contributed by atoms with E-state index in [2.05, 4.69) is 58.2 Å². The summed E-state index contributed by atoms with van der Waals surface area (Å²) in [4.78, 5) is 39.5. The van der Waals surface area contributed by atoms with Crippen molar-refractivity contribution in [3.05, 3.63) is 85.7 Å². The molecular formula is C32H37FN6O2S. The molecule has 1 aliphatic rings. The van der Waals surface area contributed by atoms with Gasteiger partial charge < -0.3 is 25.4 Å². The molecule has 0 atom stereocenters. The van der Waals surface area contributed by atoms with Crippen LogP contribution in [0.4, 0.5) is 27.3 Å². The Balaban J connectivity index is 1.37. The number of nitrogens with one attached hydrogen (secondary N) is 3. The van der Waals surface area contributed by atoms with Crippen LogP contribution in [-0.4, -0.2) is 54.0 Å². The van der Waals surface area contributed by atoms with Crippen LogP contribution in [0.15, 0.2) is 53.5 Å². The van der Waals surface area contributed by atoms with Crippen LogP contribution in [-0.2, 0) is 6.42 Å². The summed E-state index contributed by atoms with van der Waals surface area (Å²) in [6.07, 6.45) is 2.33. The Kier molecular flexibility index (Phi) is 8.74. The minimum Gasteiger partial charge on any atom is -0.369 e. The van der Waals surface area contributed by atoms with Crippen molar-refractivity contribution in [1.29, 1.82) is 0 Å². The van der Waals surface area contributed by atoms with Gasteiger partial charge in [0.15, 0.2) is 5.82 Å². The van der Waals surface area contributed by atoms with E-state index in [4.69, 9.17) is 0 Å². The number of aromatic nitrogens is 2. The van der Waals surface area contributed by atoms with Gasteiger partial charge in [0.1, 0.15) is 5.82 Å². The van der Waals surface area contributed by atoms with Crippen molar-refractivity contribution in [2.24, 2.45) is 0 Å². The molecule has 1 amide bonds. The zero-order valence-corrected chi connectivity index (χ0v) is 25.5. The van der Waals surface area contributed by atoms with E-state index in [0.717, 1.165) is 54.4 Å². The number of benzene rings is 2. The quantitative estimate of drug-likeness (QED) is 0.221. The first kappa shape index (κ1) is 29.5. The molecule has 2 aromatic carbocycles. The number of carbonyl (C=O) groups is 1. The number of piperazine rings is 1. The predicted octanol–water partition coefficient (Wildman–Crippen LogP) is 6.38. The van der Waals surface area contributed by atoms with Crippen LogP contribution in [0.25, 0.3) is 11.3 Å². The smallest absolute Gasteiger partial charge is 0.291 e. The molecule has 1 saturated heterocycles. The molecule has 4 aromatic rings. The number of H-pyrrole nitrogens is 1. The van der Waals surface area contributed by atoms with Crippen LogP contribution in [0.3, 0.4) is 0 Å². The largest absolute Gasteiger partial charge is 0.369 e. The highest BCUT2D eigenvalue weighted by atomic mass is 32.1. The summed E-state index contributed by atoms with van der Waals surface area (Å²) in [6.45, 7) is 12.0. The predicted molar refractivity (Wildman–Crippen MR) is 170 cm³/mol. The van der Waals surface area contributed by atoms with Gasteiger partial charge in [-0.3, -0.25) is 9.59 Å². The van der Waals surface area contributed by atoms with E-state index in [0.29, 0.717) is 27.6 Å². The molecule has 10 heteroatoms. The summed E-state index contributed by atoms with van der Waals surface area (Å²) in [5.74, 6) is -0.466. The van der Waals surface area contributed by atoms with E-state index in [1.54, 1.807) is 13.0 Å². The van der Waals surface area contributed by atoms with Crippen LogP contribution >= 0.6 is 11.3 Å². The zero-order valence-electron chi connectivity index (χ0n) is 24.7. The Bertz CT molecular complexity index is 1640. The molecule has 1 fully saturated rings. The fourth-order valence-corrected chi connectivity index (χ4v) is 6.34. The van der Waals surface area contributed by atoms with Gasteiger partial charge in [-0.2, -0.15) is 0 Å². The number of rotatable bonds is 8. The zero-order chi connectivity index (χ0) is 30.0. The Labute approximate surface area is 249 Å². The number of carbonyl (C=O) groups excluding carboxylic acids is 1. The topological polar surface area (TPSA) is 93.4 Å². The van der Waals surface area contributed by atoms with E-state index in [1.165, 1.54) is 23.6 Å². The summed E-state index contributed by atoms with van der Waals surface area (Å²) in [5, 5.41) is 5.90. The van der Waals surface area contributed by atoms with Gasteiger partial charge in [0.2, 0.25) is 0 Å². The molecule has 1 aliphatic heterocycles. The number of thiophene rings is 1. The number of halogens is 1. The lowest BCUT2D eigenvalue weighted by atomic mass is 10.0. The highest BCUT2D eigenvalue weighted by molar-refractivity contribution is 7.14. The maximum atomic E-state index is 15.0. The van der Waals surface area contributed by atoms with E-state index in [1.807, 2.05) is 30.3 Å². The van der Waals surface area contributed by atoms with E-state index < -0.39 is 5.82 Å². The Hall–Kier alpha value is -4.02. The second-order valence-electron chi connectivity index (χ2n) is 11.0. The Morgan fingerprint density at radius 3 is 2.48 bits per heavy atom. The molecule has 3 N–H and O–H groups in total. The minimum atomic E-state index is -0.538. The van der Waals surface area contributed by atoms with Gasteiger partial charge in [0, 0.05) is 54.2 Å².